The fourth-order valence-corrected chi connectivity index (χ4v) is 9.11. The maximum absolute atomic E-state index is 5.25. The number of fused-ring (bicyclic) bond motifs is 7. The van der Waals surface area contributed by atoms with Crippen molar-refractivity contribution < 1.29 is 0 Å². The summed E-state index contributed by atoms with van der Waals surface area (Å²) < 4.78 is 4.97. The monoisotopic (exact) mass is 647 g/mol. The molecule has 0 fully saturated rings. The quantitative estimate of drug-likeness (QED) is 0.191. The van der Waals surface area contributed by atoms with E-state index in [1.165, 1.54) is 56.7 Å². The summed E-state index contributed by atoms with van der Waals surface area (Å²) in [4.78, 5) is 15.6. The van der Waals surface area contributed by atoms with Crippen molar-refractivity contribution in [3.63, 3.8) is 0 Å². The molecule has 3 heterocycles. The molecule has 0 N–H and O–H groups in total. The summed E-state index contributed by atoms with van der Waals surface area (Å²) in [5.74, 6) is 2.02. The van der Waals surface area contributed by atoms with Gasteiger partial charge in [-0.05, 0) is 52.2 Å². The Balaban J connectivity index is 1.19. The Labute approximate surface area is 284 Å². The zero-order valence-electron chi connectivity index (χ0n) is 25.6. The number of hydrogen-bond donors (Lipinski definition) is 0. The molecule has 10 aromatic rings. The second kappa shape index (κ2) is 10.9. The van der Waals surface area contributed by atoms with Crippen LogP contribution < -0.4 is 0 Å². The highest BCUT2D eigenvalue weighted by molar-refractivity contribution is 7.26. The minimum absolute atomic E-state index is 0.660. The van der Waals surface area contributed by atoms with Crippen molar-refractivity contribution in [1.29, 1.82) is 0 Å². The first-order valence-electron chi connectivity index (χ1n) is 15.9. The Morgan fingerprint density at radius 3 is 1.44 bits per heavy atom. The summed E-state index contributed by atoms with van der Waals surface area (Å²) >= 11 is 3.61. The standard InChI is InChI=1S/C43H25N3S2/c1-2-10-29-25-30(24-21-26(29)9-1)27-19-22-28(23-20-27)41-44-42(33-13-7-17-37-39(33)31-11-3-5-15-35(31)47-37)46-43(45-41)34-14-8-18-38-40(34)32-12-4-6-16-36(32)48-38/h1-25H. The van der Waals surface area contributed by atoms with E-state index >= 15 is 0 Å². The first-order chi connectivity index (χ1) is 23.8. The van der Waals surface area contributed by atoms with E-state index in [2.05, 4.69) is 152 Å². The van der Waals surface area contributed by atoms with Gasteiger partial charge in [-0.2, -0.15) is 0 Å². The summed E-state index contributed by atoms with van der Waals surface area (Å²) in [6, 6.07) is 53.8. The summed E-state index contributed by atoms with van der Waals surface area (Å²) in [5.41, 5.74) is 5.33. The molecule has 7 aromatic carbocycles. The summed E-state index contributed by atoms with van der Waals surface area (Å²) in [7, 11) is 0. The Morgan fingerprint density at radius 1 is 0.333 bits per heavy atom. The molecule has 10 rings (SSSR count). The SMILES string of the molecule is c1ccc2cc(-c3ccc(-c4nc(-c5cccc6sc7ccccc7c56)nc(-c5cccc6sc7ccccc7c56)n4)cc3)ccc2c1. The maximum atomic E-state index is 5.25. The molecule has 0 spiro atoms. The van der Waals surface area contributed by atoms with Gasteiger partial charge in [0, 0.05) is 57.0 Å². The van der Waals surface area contributed by atoms with Crippen molar-refractivity contribution in [2.45, 2.75) is 0 Å². The van der Waals surface area contributed by atoms with E-state index in [9.17, 15) is 0 Å². The Morgan fingerprint density at radius 2 is 0.812 bits per heavy atom. The first kappa shape index (κ1) is 27.4. The van der Waals surface area contributed by atoms with Gasteiger partial charge in [0.25, 0.3) is 0 Å². The lowest BCUT2D eigenvalue weighted by molar-refractivity contribution is 1.08. The van der Waals surface area contributed by atoms with Crippen LogP contribution in [0.15, 0.2) is 152 Å². The highest BCUT2D eigenvalue weighted by Gasteiger charge is 2.19. The second-order valence-corrected chi connectivity index (χ2v) is 14.2. The van der Waals surface area contributed by atoms with Crippen LogP contribution in [-0.2, 0) is 0 Å². The predicted molar refractivity (Wildman–Crippen MR) is 205 cm³/mol. The van der Waals surface area contributed by atoms with Crippen molar-refractivity contribution in [2.75, 3.05) is 0 Å². The van der Waals surface area contributed by atoms with Gasteiger partial charge in [-0.1, -0.05) is 121 Å². The molecule has 0 saturated heterocycles. The third-order valence-corrected chi connectivity index (χ3v) is 11.4. The normalized spacial score (nSPS) is 11.8. The average Bonchev–Trinajstić information content (AvgIpc) is 3.73. The molecule has 5 heteroatoms. The molecule has 0 aliphatic rings. The third-order valence-electron chi connectivity index (χ3n) is 9.15. The third kappa shape index (κ3) is 4.43. The molecule has 48 heavy (non-hydrogen) atoms. The van der Waals surface area contributed by atoms with Crippen LogP contribution in [-0.4, -0.2) is 15.0 Å². The lowest BCUT2D eigenvalue weighted by Gasteiger charge is -2.11. The van der Waals surface area contributed by atoms with E-state index in [4.69, 9.17) is 15.0 Å². The van der Waals surface area contributed by atoms with E-state index in [1.54, 1.807) is 22.7 Å². The van der Waals surface area contributed by atoms with Crippen LogP contribution >= 0.6 is 22.7 Å². The van der Waals surface area contributed by atoms with Gasteiger partial charge < -0.3 is 0 Å². The fourth-order valence-electron chi connectivity index (χ4n) is 6.85. The zero-order valence-corrected chi connectivity index (χ0v) is 27.2. The van der Waals surface area contributed by atoms with Gasteiger partial charge in [0.15, 0.2) is 17.5 Å². The molecular weight excluding hydrogens is 623 g/mol. The number of benzene rings is 7. The summed E-state index contributed by atoms with van der Waals surface area (Å²) in [6.45, 7) is 0. The first-order valence-corrected chi connectivity index (χ1v) is 17.6. The molecule has 3 nitrogen and oxygen atoms in total. The van der Waals surface area contributed by atoms with Crippen molar-refractivity contribution in [3.05, 3.63) is 152 Å². The van der Waals surface area contributed by atoms with Gasteiger partial charge >= 0.3 is 0 Å². The molecule has 0 saturated carbocycles. The zero-order chi connectivity index (χ0) is 31.6. The molecule has 224 valence electrons. The van der Waals surface area contributed by atoms with Gasteiger partial charge in [0.2, 0.25) is 0 Å². The highest BCUT2D eigenvalue weighted by atomic mass is 32.1. The van der Waals surface area contributed by atoms with Crippen LogP contribution in [0.4, 0.5) is 0 Å². The van der Waals surface area contributed by atoms with Gasteiger partial charge in [-0.3, -0.25) is 0 Å². The number of rotatable bonds is 4. The van der Waals surface area contributed by atoms with Gasteiger partial charge in [-0.15, -0.1) is 22.7 Å². The van der Waals surface area contributed by atoms with Gasteiger partial charge in [0.1, 0.15) is 0 Å². The van der Waals surface area contributed by atoms with E-state index in [0.29, 0.717) is 17.5 Å². The van der Waals surface area contributed by atoms with Crippen LogP contribution in [0.25, 0.3) is 96.4 Å². The van der Waals surface area contributed by atoms with Crippen molar-refractivity contribution >= 4 is 73.8 Å². The van der Waals surface area contributed by atoms with Crippen LogP contribution in [0.5, 0.6) is 0 Å². The van der Waals surface area contributed by atoms with Crippen LogP contribution in [0.1, 0.15) is 0 Å². The lowest BCUT2D eigenvalue weighted by Crippen LogP contribution is -2.00. The van der Waals surface area contributed by atoms with E-state index in [0.717, 1.165) is 22.3 Å². The summed E-state index contributed by atoms with van der Waals surface area (Å²) in [5, 5.41) is 7.30. The van der Waals surface area contributed by atoms with E-state index < -0.39 is 0 Å². The molecule has 0 aliphatic heterocycles. The Kier molecular flexibility index (Phi) is 6.22. The number of nitrogens with zero attached hydrogens (tertiary/aromatic N) is 3. The lowest BCUT2D eigenvalue weighted by atomic mass is 10.00. The average molecular weight is 648 g/mol. The van der Waals surface area contributed by atoms with Gasteiger partial charge in [0.05, 0.1) is 0 Å². The van der Waals surface area contributed by atoms with Crippen LogP contribution in [0.3, 0.4) is 0 Å². The molecule has 3 aromatic heterocycles. The summed E-state index contributed by atoms with van der Waals surface area (Å²) in [6.07, 6.45) is 0. The van der Waals surface area contributed by atoms with Gasteiger partial charge in [-0.25, -0.2) is 15.0 Å². The van der Waals surface area contributed by atoms with Crippen molar-refractivity contribution in [1.82, 2.24) is 15.0 Å². The topological polar surface area (TPSA) is 38.7 Å². The fraction of sp³-hybridized carbons (Fsp3) is 0. The molecule has 0 atom stereocenters. The van der Waals surface area contributed by atoms with Crippen molar-refractivity contribution in [2.24, 2.45) is 0 Å². The largest absolute Gasteiger partial charge is 0.208 e. The molecule has 0 unspecified atom stereocenters. The number of aromatic nitrogens is 3. The maximum Gasteiger partial charge on any atom is 0.164 e. The minimum atomic E-state index is 0.660. The minimum Gasteiger partial charge on any atom is -0.208 e. The second-order valence-electron chi connectivity index (χ2n) is 12.0. The van der Waals surface area contributed by atoms with E-state index in [-0.39, 0.29) is 0 Å². The van der Waals surface area contributed by atoms with Crippen LogP contribution in [0, 0.1) is 0 Å². The number of hydrogen-bond acceptors (Lipinski definition) is 5. The van der Waals surface area contributed by atoms with Crippen molar-refractivity contribution in [3.8, 4) is 45.3 Å². The smallest absolute Gasteiger partial charge is 0.164 e. The molecule has 0 radical (unpaired) electrons. The Bertz CT molecular complexity index is 2710. The molecule has 0 aliphatic carbocycles. The Hall–Kier alpha value is -5.75. The highest BCUT2D eigenvalue weighted by Crippen LogP contribution is 2.42. The number of thiophene rings is 2. The molecular formula is C43H25N3S2. The van der Waals surface area contributed by atoms with Crippen LogP contribution in [0.2, 0.25) is 0 Å². The molecule has 0 amide bonds. The van der Waals surface area contributed by atoms with E-state index in [1.807, 2.05) is 0 Å². The predicted octanol–water partition coefficient (Wildman–Crippen LogP) is 12.4. The molecule has 0 bridgehead atoms.